The Balaban J connectivity index is 1.76. The maximum absolute atomic E-state index is 13.5. The van der Waals surface area contributed by atoms with Gasteiger partial charge in [0.25, 0.3) is 5.78 Å². The molecule has 7 nitrogen and oxygen atoms in total. The van der Waals surface area contributed by atoms with Crippen LogP contribution in [0.4, 0.5) is 5.13 Å². The topological polar surface area (TPSA) is 100.0 Å². The van der Waals surface area contributed by atoms with Gasteiger partial charge >= 0.3 is 5.91 Å². The SMILES string of the molecule is CCOc1cc(C2/C(=C(\O)c3ccccc3)C(=O)C(=O)N2c2nc3c(C)cc(C)cc3s2)ccc1O. The predicted molar refractivity (Wildman–Crippen MR) is 140 cm³/mol. The van der Waals surface area contributed by atoms with Crippen molar-refractivity contribution in [3.63, 3.8) is 0 Å². The highest BCUT2D eigenvalue weighted by Crippen LogP contribution is 2.46. The van der Waals surface area contributed by atoms with Gasteiger partial charge < -0.3 is 14.9 Å². The van der Waals surface area contributed by atoms with E-state index in [1.165, 1.54) is 22.3 Å². The number of aryl methyl sites for hydroxylation is 2. The molecule has 4 aromatic rings. The summed E-state index contributed by atoms with van der Waals surface area (Å²) in [6.07, 6.45) is 0. The second-order valence-corrected chi connectivity index (χ2v) is 9.63. The van der Waals surface area contributed by atoms with Gasteiger partial charge in [-0.05, 0) is 55.7 Å². The first-order chi connectivity index (χ1) is 17.3. The van der Waals surface area contributed by atoms with E-state index in [9.17, 15) is 19.8 Å². The molecule has 0 radical (unpaired) electrons. The number of carbonyl (C=O) groups excluding carboxylic acids is 2. The molecule has 2 N–H and O–H groups in total. The van der Waals surface area contributed by atoms with Crippen LogP contribution in [-0.2, 0) is 9.59 Å². The summed E-state index contributed by atoms with van der Waals surface area (Å²) in [5, 5.41) is 21.8. The summed E-state index contributed by atoms with van der Waals surface area (Å²) in [7, 11) is 0. The Morgan fingerprint density at radius 1 is 1.08 bits per heavy atom. The summed E-state index contributed by atoms with van der Waals surface area (Å²) in [6.45, 7) is 6.05. The molecule has 1 atom stereocenters. The van der Waals surface area contributed by atoms with E-state index >= 15 is 0 Å². The Bertz CT molecular complexity index is 1540. The van der Waals surface area contributed by atoms with Crippen molar-refractivity contribution >= 4 is 44.1 Å². The van der Waals surface area contributed by atoms with E-state index in [0.29, 0.717) is 22.9 Å². The molecule has 3 aromatic carbocycles. The molecule has 1 aromatic heterocycles. The predicted octanol–water partition coefficient (Wildman–Crippen LogP) is 5.64. The number of aromatic hydroxyl groups is 1. The molecular weight excluding hydrogens is 476 g/mol. The van der Waals surface area contributed by atoms with Crippen LogP contribution in [0, 0.1) is 13.8 Å². The average Bonchev–Trinajstić information content (AvgIpc) is 3.39. The molecule has 2 heterocycles. The van der Waals surface area contributed by atoms with E-state index in [2.05, 4.69) is 0 Å². The Hall–Kier alpha value is -4.17. The monoisotopic (exact) mass is 500 g/mol. The van der Waals surface area contributed by atoms with Gasteiger partial charge in [0, 0.05) is 5.56 Å². The Kier molecular flexibility index (Phi) is 5.97. The average molecular weight is 501 g/mol. The van der Waals surface area contributed by atoms with Gasteiger partial charge in [0.2, 0.25) is 0 Å². The molecule has 0 saturated carbocycles. The number of benzene rings is 3. The molecule has 1 aliphatic heterocycles. The van der Waals surface area contributed by atoms with Gasteiger partial charge in [-0.25, -0.2) is 4.98 Å². The number of hydrogen-bond acceptors (Lipinski definition) is 7. The number of ether oxygens (including phenoxy) is 1. The normalized spacial score (nSPS) is 17.2. The number of hydrogen-bond donors (Lipinski definition) is 2. The number of aliphatic hydroxyl groups excluding tert-OH is 1. The van der Waals surface area contributed by atoms with Crippen molar-refractivity contribution in [2.24, 2.45) is 0 Å². The highest BCUT2D eigenvalue weighted by atomic mass is 32.1. The number of phenols is 1. The van der Waals surface area contributed by atoms with E-state index < -0.39 is 17.7 Å². The van der Waals surface area contributed by atoms with Gasteiger partial charge in [0.05, 0.1) is 28.4 Å². The first kappa shape index (κ1) is 23.6. The summed E-state index contributed by atoms with van der Waals surface area (Å²) >= 11 is 1.31. The summed E-state index contributed by atoms with van der Waals surface area (Å²) < 4.78 is 6.45. The number of amides is 1. The minimum Gasteiger partial charge on any atom is -0.507 e. The lowest BCUT2D eigenvalue weighted by Crippen LogP contribution is -2.29. The summed E-state index contributed by atoms with van der Waals surface area (Å²) in [5.74, 6) is -1.71. The van der Waals surface area contributed by atoms with Crippen LogP contribution in [0.3, 0.4) is 0 Å². The van der Waals surface area contributed by atoms with Crippen molar-refractivity contribution in [3.8, 4) is 11.5 Å². The van der Waals surface area contributed by atoms with E-state index in [4.69, 9.17) is 9.72 Å². The van der Waals surface area contributed by atoms with Crippen LogP contribution in [0.25, 0.3) is 16.0 Å². The lowest BCUT2D eigenvalue weighted by molar-refractivity contribution is -0.132. The zero-order chi connectivity index (χ0) is 25.6. The molecule has 0 bridgehead atoms. The molecule has 1 saturated heterocycles. The van der Waals surface area contributed by atoms with Gasteiger partial charge in [-0.15, -0.1) is 0 Å². The maximum atomic E-state index is 13.5. The molecule has 5 rings (SSSR count). The fourth-order valence-corrected chi connectivity index (χ4v) is 5.70. The molecule has 182 valence electrons. The van der Waals surface area contributed by atoms with Gasteiger partial charge in [0.15, 0.2) is 16.6 Å². The van der Waals surface area contributed by atoms with E-state index in [1.807, 2.05) is 26.0 Å². The number of phenolic OH excluding ortho intramolecular Hbond substituents is 1. The van der Waals surface area contributed by atoms with Crippen LogP contribution in [0.5, 0.6) is 11.5 Å². The van der Waals surface area contributed by atoms with Crippen molar-refractivity contribution in [1.82, 2.24) is 4.98 Å². The second-order valence-electron chi connectivity index (χ2n) is 8.62. The lowest BCUT2D eigenvalue weighted by Gasteiger charge is -2.23. The number of carbonyl (C=O) groups is 2. The van der Waals surface area contributed by atoms with E-state index in [-0.39, 0.29) is 22.8 Å². The molecular formula is C28H24N2O5S. The third kappa shape index (κ3) is 3.89. The number of rotatable bonds is 5. The number of aliphatic hydroxyl groups is 1. The lowest BCUT2D eigenvalue weighted by atomic mass is 9.95. The van der Waals surface area contributed by atoms with Crippen molar-refractivity contribution < 1.29 is 24.5 Å². The van der Waals surface area contributed by atoms with Crippen molar-refractivity contribution in [1.29, 1.82) is 0 Å². The number of Topliss-reactive ketones (excluding diaryl/α,β-unsaturated/α-hetero) is 1. The van der Waals surface area contributed by atoms with Gasteiger partial charge in [-0.2, -0.15) is 0 Å². The largest absolute Gasteiger partial charge is 0.507 e. The zero-order valence-electron chi connectivity index (χ0n) is 20.0. The smallest absolute Gasteiger partial charge is 0.301 e. The van der Waals surface area contributed by atoms with Crippen molar-refractivity contribution in [3.05, 3.63) is 88.5 Å². The Morgan fingerprint density at radius 3 is 2.56 bits per heavy atom. The van der Waals surface area contributed by atoms with E-state index in [0.717, 1.165) is 21.3 Å². The van der Waals surface area contributed by atoms with Gasteiger partial charge in [-0.3, -0.25) is 14.5 Å². The maximum Gasteiger partial charge on any atom is 0.301 e. The van der Waals surface area contributed by atoms with Gasteiger partial charge in [-0.1, -0.05) is 53.8 Å². The van der Waals surface area contributed by atoms with E-state index in [1.54, 1.807) is 49.4 Å². The third-order valence-electron chi connectivity index (χ3n) is 6.12. The minimum atomic E-state index is -0.966. The molecule has 36 heavy (non-hydrogen) atoms. The highest BCUT2D eigenvalue weighted by Gasteiger charge is 2.48. The van der Waals surface area contributed by atoms with Crippen LogP contribution in [-0.4, -0.2) is 33.5 Å². The number of nitrogens with zero attached hydrogens (tertiary/aromatic N) is 2. The molecule has 0 spiro atoms. The minimum absolute atomic E-state index is 0.0495. The number of anilines is 1. The van der Waals surface area contributed by atoms with Crippen LogP contribution in [0.1, 0.15) is 35.2 Å². The number of aromatic nitrogens is 1. The zero-order valence-corrected chi connectivity index (χ0v) is 20.8. The molecule has 1 unspecified atom stereocenters. The van der Waals surface area contributed by atoms with Crippen molar-refractivity contribution in [2.75, 3.05) is 11.5 Å². The number of ketones is 1. The molecule has 1 aliphatic rings. The summed E-state index contributed by atoms with van der Waals surface area (Å²) in [5.41, 5.74) is 3.66. The molecule has 0 aliphatic carbocycles. The highest BCUT2D eigenvalue weighted by molar-refractivity contribution is 7.22. The fourth-order valence-electron chi connectivity index (χ4n) is 4.53. The first-order valence-corrected chi connectivity index (χ1v) is 12.3. The van der Waals surface area contributed by atoms with Crippen LogP contribution < -0.4 is 9.64 Å². The first-order valence-electron chi connectivity index (χ1n) is 11.5. The number of thiazole rings is 1. The third-order valence-corrected chi connectivity index (χ3v) is 7.12. The second kappa shape index (κ2) is 9.13. The quantitative estimate of drug-likeness (QED) is 0.209. The molecule has 1 fully saturated rings. The Labute approximate surface area is 211 Å². The fraction of sp³-hybridized carbons (Fsp3) is 0.179. The summed E-state index contributed by atoms with van der Waals surface area (Å²) in [4.78, 5) is 32.9. The summed E-state index contributed by atoms with van der Waals surface area (Å²) in [6, 6.07) is 16.3. The standard InChI is InChI=1S/C28H24N2O5S/c1-4-35-20-14-18(10-11-19(20)31)24-22(25(32)17-8-6-5-7-9-17)26(33)27(34)30(24)28-29-23-16(3)12-15(2)13-21(23)36-28/h5-14,24,31-32H,4H2,1-3H3/b25-22+. The number of fused-ring (bicyclic) bond motifs is 1. The van der Waals surface area contributed by atoms with Gasteiger partial charge in [0.1, 0.15) is 5.76 Å². The van der Waals surface area contributed by atoms with Crippen LogP contribution in [0.2, 0.25) is 0 Å². The molecule has 1 amide bonds. The Morgan fingerprint density at radius 2 is 1.83 bits per heavy atom. The molecule has 8 heteroatoms. The van der Waals surface area contributed by atoms with Crippen molar-refractivity contribution in [2.45, 2.75) is 26.8 Å². The van der Waals surface area contributed by atoms with Crippen LogP contribution in [0.15, 0.2) is 66.2 Å². The van der Waals surface area contributed by atoms with Crippen LogP contribution >= 0.6 is 11.3 Å².